The van der Waals surface area contributed by atoms with Crippen LogP contribution in [0.2, 0.25) is 0 Å². The van der Waals surface area contributed by atoms with Crippen molar-refractivity contribution in [2.45, 2.75) is 24.8 Å². The lowest BCUT2D eigenvalue weighted by atomic mass is 9.90. The van der Waals surface area contributed by atoms with Crippen molar-refractivity contribution in [1.82, 2.24) is 5.32 Å². The number of aliphatic carboxylic acids is 1. The van der Waals surface area contributed by atoms with Gasteiger partial charge < -0.3 is 15.2 Å². The van der Waals surface area contributed by atoms with E-state index in [4.69, 9.17) is 4.74 Å². The Morgan fingerprint density at radius 2 is 1.85 bits per heavy atom. The molecule has 0 unspecified atom stereocenters. The second-order valence-electron chi connectivity index (χ2n) is 4.85. The number of benzene rings is 1. The van der Waals surface area contributed by atoms with Gasteiger partial charge in [0.2, 0.25) is 5.91 Å². The quantitative estimate of drug-likeness (QED) is 0.867. The van der Waals surface area contributed by atoms with Crippen molar-refractivity contribution in [2.75, 3.05) is 13.2 Å². The maximum Gasteiger partial charge on any atom is 0.329 e. The second kappa shape index (κ2) is 6.00. The third-order valence-corrected chi connectivity index (χ3v) is 3.41. The Morgan fingerprint density at radius 1 is 1.25 bits per heavy atom. The standard InChI is InChI=1S/C14H16FNO4/c15-11-3-1-10(2-4-11)9-12(17)16-14(13(18)19)5-7-20-8-6-14/h1-4H,5-9H2,(H,16,17)(H,18,19). The van der Waals surface area contributed by atoms with Crippen LogP contribution in [0.5, 0.6) is 0 Å². The van der Waals surface area contributed by atoms with E-state index >= 15 is 0 Å². The number of rotatable bonds is 4. The summed E-state index contributed by atoms with van der Waals surface area (Å²) in [4.78, 5) is 23.4. The third-order valence-electron chi connectivity index (χ3n) is 3.41. The van der Waals surface area contributed by atoms with Crippen LogP contribution >= 0.6 is 0 Å². The number of hydrogen-bond donors (Lipinski definition) is 2. The molecule has 108 valence electrons. The Kier molecular flexibility index (Phi) is 4.34. The van der Waals surface area contributed by atoms with Crippen molar-refractivity contribution in [1.29, 1.82) is 0 Å². The number of halogens is 1. The molecule has 0 radical (unpaired) electrons. The lowest BCUT2D eigenvalue weighted by molar-refractivity contribution is -0.152. The van der Waals surface area contributed by atoms with E-state index in [1.165, 1.54) is 24.3 Å². The lowest BCUT2D eigenvalue weighted by Crippen LogP contribution is -2.57. The Bertz CT molecular complexity index is 494. The van der Waals surface area contributed by atoms with Crippen molar-refractivity contribution in [3.63, 3.8) is 0 Å². The average Bonchev–Trinajstić information content (AvgIpc) is 2.42. The Balaban J connectivity index is 2.01. The zero-order chi connectivity index (χ0) is 14.6. The predicted octanol–water partition coefficient (Wildman–Crippen LogP) is 1.12. The summed E-state index contributed by atoms with van der Waals surface area (Å²) < 4.78 is 17.9. The van der Waals surface area contributed by atoms with E-state index in [0.717, 1.165) is 0 Å². The lowest BCUT2D eigenvalue weighted by Gasteiger charge is -2.33. The number of carbonyl (C=O) groups excluding carboxylic acids is 1. The highest BCUT2D eigenvalue weighted by atomic mass is 19.1. The summed E-state index contributed by atoms with van der Waals surface area (Å²) in [7, 11) is 0. The Labute approximate surface area is 115 Å². The van der Waals surface area contributed by atoms with Gasteiger partial charge in [-0.1, -0.05) is 12.1 Å². The van der Waals surface area contributed by atoms with Gasteiger partial charge in [-0.3, -0.25) is 4.79 Å². The molecule has 1 amide bonds. The van der Waals surface area contributed by atoms with Gasteiger partial charge in [0.15, 0.2) is 0 Å². The van der Waals surface area contributed by atoms with Gasteiger partial charge in [0.25, 0.3) is 0 Å². The highest BCUT2D eigenvalue weighted by Crippen LogP contribution is 2.21. The van der Waals surface area contributed by atoms with Crippen LogP contribution < -0.4 is 5.32 Å². The molecule has 0 bridgehead atoms. The molecule has 5 nitrogen and oxygen atoms in total. The minimum Gasteiger partial charge on any atom is -0.480 e. The van der Waals surface area contributed by atoms with Crippen LogP contribution in [-0.4, -0.2) is 35.7 Å². The molecular formula is C14H16FNO4. The summed E-state index contributed by atoms with van der Waals surface area (Å²) in [5, 5.41) is 11.9. The zero-order valence-electron chi connectivity index (χ0n) is 10.9. The Hall–Kier alpha value is -1.95. The molecule has 2 rings (SSSR count). The number of carboxylic acid groups (broad SMARTS) is 1. The number of carbonyl (C=O) groups is 2. The van der Waals surface area contributed by atoms with E-state index in [1.807, 2.05) is 0 Å². The molecular weight excluding hydrogens is 265 g/mol. The van der Waals surface area contributed by atoms with Gasteiger partial charge in [-0.05, 0) is 17.7 Å². The fourth-order valence-electron chi connectivity index (χ4n) is 2.21. The average molecular weight is 281 g/mol. The number of carboxylic acids is 1. The van der Waals surface area contributed by atoms with Crippen molar-refractivity contribution < 1.29 is 23.8 Å². The first-order valence-electron chi connectivity index (χ1n) is 6.38. The van der Waals surface area contributed by atoms with Gasteiger partial charge >= 0.3 is 5.97 Å². The molecule has 1 heterocycles. The molecule has 1 fully saturated rings. The number of amides is 1. The van der Waals surface area contributed by atoms with Crippen molar-refractivity contribution in [3.8, 4) is 0 Å². The highest BCUT2D eigenvalue weighted by molar-refractivity contribution is 5.88. The van der Waals surface area contributed by atoms with Crippen LogP contribution in [0.15, 0.2) is 24.3 Å². The smallest absolute Gasteiger partial charge is 0.329 e. The molecule has 0 aliphatic carbocycles. The van der Waals surface area contributed by atoms with E-state index < -0.39 is 11.5 Å². The minimum atomic E-state index is -1.25. The van der Waals surface area contributed by atoms with E-state index in [9.17, 15) is 19.1 Å². The molecule has 0 atom stereocenters. The first-order chi connectivity index (χ1) is 9.52. The summed E-state index contributed by atoms with van der Waals surface area (Å²) in [6.45, 7) is 0.617. The first-order valence-corrected chi connectivity index (χ1v) is 6.38. The summed E-state index contributed by atoms with van der Waals surface area (Å²) >= 11 is 0. The second-order valence-corrected chi connectivity index (χ2v) is 4.85. The molecule has 0 aromatic heterocycles. The summed E-state index contributed by atoms with van der Waals surface area (Å²) in [5.74, 6) is -1.81. The van der Waals surface area contributed by atoms with Crippen LogP contribution in [0, 0.1) is 5.82 Å². The maximum absolute atomic E-state index is 12.8. The number of ether oxygens (including phenoxy) is 1. The predicted molar refractivity (Wildman–Crippen MR) is 68.7 cm³/mol. The molecule has 2 N–H and O–H groups in total. The van der Waals surface area contributed by atoms with Gasteiger partial charge in [-0.15, -0.1) is 0 Å². The van der Waals surface area contributed by atoms with Gasteiger partial charge in [-0.25, -0.2) is 9.18 Å². The monoisotopic (exact) mass is 281 g/mol. The third kappa shape index (κ3) is 3.33. The fraction of sp³-hybridized carbons (Fsp3) is 0.429. The van der Waals surface area contributed by atoms with Crippen molar-refractivity contribution >= 4 is 11.9 Å². The molecule has 6 heteroatoms. The van der Waals surface area contributed by atoms with Crippen molar-refractivity contribution in [2.24, 2.45) is 0 Å². The van der Waals surface area contributed by atoms with Crippen LogP contribution in [-0.2, 0) is 20.7 Å². The number of hydrogen-bond acceptors (Lipinski definition) is 3. The fourth-order valence-corrected chi connectivity index (χ4v) is 2.21. The topological polar surface area (TPSA) is 75.6 Å². The van der Waals surface area contributed by atoms with E-state index in [2.05, 4.69) is 5.32 Å². The molecule has 1 aromatic carbocycles. The number of nitrogens with one attached hydrogen (secondary N) is 1. The zero-order valence-corrected chi connectivity index (χ0v) is 10.9. The Morgan fingerprint density at radius 3 is 2.40 bits per heavy atom. The van der Waals surface area contributed by atoms with Crippen LogP contribution in [0.25, 0.3) is 0 Å². The molecule has 1 aliphatic rings. The first kappa shape index (κ1) is 14.5. The molecule has 1 aliphatic heterocycles. The van der Waals surface area contributed by atoms with Crippen molar-refractivity contribution in [3.05, 3.63) is 35.6 Å². The maximum atomic E-state index is 12.8. The normalized spacial score (nSPS) is 17.4. The van der Waals surface area contributed by atoms with Crippen LogP contribution in [0.3, 0.4) is 0 Å². The summed E-state index contributed by atoms with van der Waals surface area (Å²) in [5.41, 5.74) is -0.619. The van der Waals surface area contributed by atoms with E-state index in [-0.39, 0.29) is 31.0 Å². The molecule has 0 spiro atoms. The largest absolute Gasteiger partial charge is 0.480 e. The SMILES string of the molecule is O=C(Cc1ccc(F)cc1)NC1(C(=O)O)CCOCC1. The van der Waals surface area contributed by atoms with Crippen LogP contribution in [0.1, 0.15) is 18.4 Å². The van der Waals surface area contributed by atoms with E-state index in [1.54, 1.807) is 0 Å². The highest BCUT2D eigenvalue weighted by Gasteiger charge is 2.41. The van der Waals surface area contributed by atoms with Gasteiger partial charge in [-0.2, -0.15) is 0 Å². The van der Waals surface area contributed by atoms with Gasteiger partial charge in [0.05, 0.1) is 6.42 Å². The van der Waals surface area contributed by atoms with Gasteiger partial charge in [0.1, 0.15) is 11.4 Å². The van der Waals surface area contributed by atoms with E-state index in [0.29, 0.717) is 18.8 Å². The molecule has 20 heavy (non-hydrogen) atoms. The molecule has 1 saturated heterocycles. The summed E-state index contributed by atoms with van der Waals surface area (Å²) in [6.07, 6.45) is 0.519. The minimum absolute atomic E-state index is 0.0240. The molecule has 1 aromatic rings. The summed E-state index contributed by atoms with van der Waals surface area (Å²) in [6, 6.07) is 5.55. The van der Waals surface area contributed by atoms with Gasteiger partial charge in [0, 0.05) is 26.1 Å². The molecule has 0 saturated carbocycles. The van der Waals surface area contributed by atoms with Crippen LogP contribution in [0.4, 0.5) is 4.39 Å².